The number of carbonyl (C=O) groups is 2. The molecule has 2 bridgehead atoms. The molecule has 2 atom stereocenters. The number of cyclic esters (lactones) is 2. The molecule has 0 aromatic heterocycles. The fourth-order valence-electron chi connectivity index (χ4n) is 1.90. The molecule has 2 unspecified atom stereocenters. The SMILES string of the molecule is CC1(C)C2C=CC1C(=O)OC2=O. The van der Waals surface area contributed by atoms with Crippen LogP contribution in [0.3, 0.4) is 0 Å². The van der Waals surface area contributed by atoms with Crippen molar-refractivity contribution in [3.63, 3.8) is 0 Å². The Labute approximate surface area is 70.4 Å². The lowest BCUT2D eigenvalue weighted by Gasteiger charge is -2.34. The van der Waals surface area contributed by atoms with Gasteiger partial charge < -0.3 is 4.74 Å². The second kappa shape index (κ2) is 1.97. The Kier molecular flexibility index (Phi) is 1.24. The molecule has 1 aliphatic carbocycles. The monoisotopic (exact) mass is 166 g/mol. The Morgan fingerprint density at radius 3 is 2.00 bits per heavy atom. The van der Waals surface area contributed by atoms with E-state index < -0.39 is 11.9 Å². The van der Waals surface area contributed by atoms with Gasteiger partial charge in [0.1, 0.15) is 0 Å². The van der Waals surface area contributed by atoms with Gasteiger partial charge in [0.05, 0.1) is 11.8 Å². The van der Waals surface area contributed by atoms with Crippen molar-refractivity contribution < 1.29 is 14.3 Å². The Balaban J connectivity index is 2.46. The summed E-state index contributed by atoms with van der Waals surface area (Å²) < 4.78 is 4.57. The minimum absolute atomic E-state index is 0.236. The molecule has 3 heteroatoms. The molecule has 1 saturated heterocycles. The number of carbonyl (C=O) groups excluding carboxylic acids is 2. The second-order valence-electron chi connectivity index (χ2n) is 3.90. The van der Waals surface area contributed by atoms with Crippen molar-refractivity contribution >= 4 is 11.9 Å². The van der Waals surface area contributed by atoms with Gasteiger partial charge in [0, 0.05) is 0 Å². The maximum atomic E-state index is 11.2. The lowest BCUT2D eigenvalue weighted by Crippen LogP contribution is -2.43. The summed E-state index contributed by atoms with van der Waals surface area (Å²) in [5.74, 6) is -1.29. The average Bonchev–Trinajstić information content (AvgIpc) is 2.13. The van der Waals surface area contributed by atoms with E-state index in [0.717, 1.165) is 0 Å². The lowest BCUT2D eigenvalue weighted by molar-refractivity contribution is -0.175. The molecule has 64 valence electrons. The second-order valence-corrected chi connectivity index (χ2v) is 3.90. The van der Waals surface area contributed by atoms with Crippen LogP contribution in [0.1, 0.15) is 13.8 Å². The minimum atomic E-state index is -0.407. The molecular weight excluding hydrogens is 156 g/mol. The molecule has 2 aliphatic rings. The third-order valence-corrected chi connectivity index (χ3v) is 2.81. The third-order valence-electron chi connectivity index (χ3n) is 2.81. The highest BCUT2D eigenvalue weighted by Gasteiger charge is 2.52. The van der Waals surface area contributed by atoms with Crippen molar-refractivity contribution in [2.75, 3.05) is 0 Å². The highest BCUT2D eigenvalue weighted by molar-refractivity contribution is 5.95. The van der Waals surface area contributed by atoms with Gasteiger partial charge in [0.2, 0.25) is 0 Å². The number of fused-ring (bicyclic) bond motifs is 2. The molecule has 0 saturated carbocycles. The van der Waals surface area contributed by atoms with E-state index in [9.17, 15) is 9.59 Å². The molecular formula is C9H10O3. The zero-order valence-corrected chi connectivity index (χ0v) is 7.03. The van der Waals surface area contributed by atoms with Crippen molar-refractivity contribution in [3.8, 4) is 0 Å². The molecule has 0 aromatic rings. The summed E-state index contributed by atoms with van der Waals surface area (Å²) in [4.78, 5) is 22.4. The largest absolute Gasteiger partial charge is 0.392 e. The molecule has 3 nitrogen and oxygen atoms in total. The number of hydrogen-bond donors (Lipinski definition) is 0. The number of ether oxygens (including phenoxy) is 1. The smallest absolute Gasteiger partial charge is 0.321 e. The van der Waals surface area contributed by atoms with E-state index in [1.54, 1.807) is 12.2 Å². The van der Waals surface area contributed by atoms with Crippen LogP contribution in [-0.4, -0.2) is 11.9 Å². The summed E-state index contributed by atoms with van der Waals surface area (Å²) >= 11 is 0. The predicted octanol–water partition coefficient (Wildman–Crippen LogP) is 0.898. The third kappa shape index (κ3) is 0.709. The normalized spacial score (nSPS) is 36.8. The summed E-state index contributed by atoms with van der Waals surface area (Å²) in [6.45, 7) is 3.83. The van der Waals surface area contributed by atoms with Crippen LogP contribution in [0.2, 0.25) is 0 Å². The van der Waals surface area contributed by atoms with Crippen molar-refractivity contribution in [2.45, 2.75) is 13.8 Å². The van der Waals surface area contributed by atoms with Crippen molar-refractivity contribution in [3.05, 3.63) is 12.2 Å². The first kappa shape index (κ1) is 7.53. The highest BCUT2D eigenvalue weighted by atomic mass is 16.6. The molecule has 1 heterocycles. The fourth-order valence-corrected chi connectivity index (χ4v) is 1.90. The van der Waals surface area contributed by atoms with Crippen LogP contribution in [-0.2, 0) is 14.3 Å². The van der Waals surface area contributed by atoms with E-state index in [0.29, 0.717) is 0 Å². The predicted molar refractivity (Wildman–Crippen MR) is 41.0 cm³/mol. The average molecular weight is 166 g/mol. The minimum Gasteiger partial charge on any atom is -0.392 e. The first-order chi connectivity index (χ1) is 5.53. The highest BCUT2D eigenvalue weighted by Crippen LogP contribution is 2.46. The Morgan fingerprint density at radius 2 is 1.58 bits per heavy atom. The van der Waals surface area contributed by atoms with Crippen LogP contribution < -0.4 is 0 Å². The van der Waals surface area contributed by atoms with E-state index >= 15 is 0 Å². The Morgan fingerprint density at radius 1 is 1.17 bits per heavy atom. The van der Waals surface area contributed by atoms with Crippen molar-refractivity contribution in [1.82, 2.24) is 0 Å². The summed E-state index contributed by atoms with van der Waals surface area (Å²) in [7, 11) is 0. The Bertz CT molecular complexity index is 262. The molecule has 0 radical (unpaired) electrons. The molecule has 1 fully saturated rings. The van der Waals surface area contributed by atoms with Gasteiger partial charge in [-0.1, -0.05) is 26.0 Å². The van der Waals surface area contributed by atoms with Gasteiger partial charge >= 0.3 is 11.9 Å². The van der Waals surface area contributed by atoms with E-state index in [1.165, 1.54) is 0 Å². The zero-order valence-electron chi connectivity index (χ0n) is 7.03. The van der Waals surface area contributed by atoms with E-state index in [2.05, 4.69) is 4.74 Å². The van der Waals surface area contributed by atoms with E-state index in [1.807, 2.05) is 13.8 Å². The fraction of sp³-hybridized carbons (Fsp3) is 0.556. The number of esters is 2. The van der Waals surface area contributed by atoms with Crippen LogP contribution in [0.25, 0.3) is 0 Å². The van der Waals surface area contributed by atoms with Crippen LogP contribution in [0.4, 0.5) is 0 Å². The van der Waals surface area contributed by atoms with Crippen LogP contribution in [0, 0.1) is 17.3 Å². The van der Waals surface area contributed by atoms with E-state index in [4.69, 9.17) is 0 Å². The summed E-state index contributed by atoms with van der Waals surface area (Å²) in [5.41, 5.74) is -0.285. The molecule has 1 aliphatic heterocycles. The van der Waals surface area contributed by atoms with Gasteiger partial charge in [0.15, 0.2) is 0 Å². The van der Waals surface area contributed by atoms with Crippen LogP contribution in [0.15, 0.2) is 12.2 Å². The Hall–Kier alpha value is -1.12. The summed E-state index contributed by atoms with van der Waals surface area (Å²) in [6, 6.07) is 0. The molecule has 0 aromatic carbocycles. The van der Waals surface area contributed by atoms with Gasteiger partial charge in [-0.2, -0.15) is 0 Å². The maximum Gasteiger partial charge on any atom is 0.321 e. The summed E-state index contributed by atoms with van der Waals surface area (Å²) in [5, 5.41) is 0. The topological polar surface area (TPSA) is 43.4 Å². The zero-order chi connectivity index (χ0) is 8.93. The lowest BCUT2D eigenvalue weighted by atomic mass is 9.73. The molecule has 12 heavy (non-hydrogen) atoms. The molecule has 0 amide bonds. The van der Waals surface area contributed by atoms with Gasteiger partial charge in [-0.3, -0.25) is 9.59 Å². The first-order valence-corrected chi connectivity index (χ1v) is 3.97. The van der Waals surface area contributed by atoms with Crippen molar-refractivity contribution in [1.29, 1.82) is 0 Å². The van der Waals surface area contributed by atoms with Gasteiger partial charge in [0.25, 0.3) is 0 Å². The maximum absolute atomic E-state index is 11.2. The van der Waals surface area contributed by atoms with Gasteiger partial charge in [-0.05, 0) is 5.41 Å². The van der Waals surface area contributed by atoms with Crippen molar-refractivity contribution in [2.24, 2.45) is 17.3 Å². The first-order valence-electron chi connectivity index (χ1n) is 3.97. The quantitative estimate of drug-likeness (QED) is 0.305. The number of hydrogen-bond acceptors (Lipinski definition) is 3. The standard InChI is InChI=1S/C9H10O3/c1-9(2)5-3-4-6(9)8(11)12-7(5)10/h3-6H,1-2H3. The van der Waals surface area contributed by atoms with Crippen LogP contribution in [0.5, 0.6) is 0 Å². The molecule has 0 N–H and O–H groups in total. The number of rotatable bonds is 0. The van der Waals surface area contributed by atoms with Gasteiger partial charge in [-0.15, -0.1) is 0 Å². The molecule has 0 spiro atoms. The summed E-state index contributed by atoms with van der Waals surface area (Å²) in [6.07, 6.45) is 3.55. The molecule has 2 rings (SSSR count). The van der Waals surface area contributed by atoms with Gasteiger partial charge in [-0.25, -0.2) is 0 Å². The van der Waals surface area contributed by atoms with Crippen LogP contribution >= 0.6 is 0 Å². The van der Waals surface area contributed by atoms with E-state index in [-0.39, 0.29) is 17.3 Å².